The molecule has 0 atom stereocenters. The van der Waals surface area contributed by atoms with Crippen molar-refractivity contribution in [3.05, 3.63) is 34.3 Å². The first-order valence-electron chi connectivity index (χ1n) is 7.50. The minimum atomic E-state index is -0.556. The van der Waals surface area contributed by atoms with Gasteiger partial charge in [-0.1, -0.05) is 32.5 Å². The maximum atomic E-state index is 12.2. The average Bonchev–Trinajstić information content (AvgIpc) is 3.02. The standard InChI is InChI=1S/C17H21NO5S/c1-10-6-11(23-15(10)16(21)22-5)8-18-13(20)9-24-14(18)7-12(19)17(2,3)4/h6-7H,8-9H2,1-5H3. The van der Waals surface area contributed by atoms with Gasteiger partial charge in [0.1, 0.15) is 5.76 Å². The Morgan fingerprint density at radius 1 is 1.42 bits per heavy atom. The zero-order valence-corrected chi connectivity index (χ0v) is 15.3. The topological polar surface area (TPSA) is 76.8 Å². The van der Waals surface area contributed by atoms with Gasteiger partial charge in [0.2, 0.25) is 11.7 Å². The van der Waals surface area contributed by atoms with Gasteiger partial charge in [-0.25, -0.2) is 4.79 Å². The highest BCUT2D eigenvalue weighted by molar-refractivity contribution is 8.04. The van der Waals surface area contributed by atoms with E-state index in [0.29, 0.717) is 16.4 Å². The van der Waals surface area contributed by atoms with E-state index in [0.717, 1.165) is 0 Å². The lowest BCUT2D eigenvalue weighted by Gasteiger charge is -2.18. The highest BCUT2D eigenvalue weighted by atomic mass is 32.2. The number of ketones is 1. The Balaban J connectivity index is 2.24. The fourth-order valence-electron chi connectivity index (χ4n) is 2.11. The number of nitrogens with zero attached hydrogens (tertiary/aromatic N) is 1. The number of esters is 1. The summed E-state index contributed by atoms with van der Waals surface area (Å²) >= 11 is 1.33. The maximum absolute atomic E-state index is 12.2. The first-order chi connectivity index (χ1) is 11.1. The number of allylic oxidation sites excluding steroid dienone is 1. The molecule has 1 saturated heterocycles. The number of aryl methyl sites for hydroxylation is 1. The SMILES string of the molecule is COC(=O)c1oc(CN2C(=O)CSC2=CC(=O)C(C)(C)C)cc1C. The summed E-state index contributed by atoms with van der Waals surface area (Å²) in [5.74, 6) is 0.185. The molecule has 0 saturated carbocycles. The van der Waals surface area contributed by atoms with Gasteiger partial charge in [-0.15, -0.1) is 0 Å². The third kappa shape index (κ3) is 3.90. The van der Waals surface area contributed by atoms with Gasteiger partial charge in [0.25, 0.3) is 0 Å². The minimum Gasteiger partial charge on any atom is -0.463 e. The summed E-state index contributed by atoms with van der Waals surface area (Å²) in [6, 6.07) is 1.70. The molecule has 1 aromatic rings. The molecule has 0 spiro atoms. The number of rotatable bonds is 4. The third-order valence-electron chi connectivity index (χ3n) is 3.56. The molecule has 0 unspecified atom stereocenters. The Hall–Kier alpha value is -2.02. The number of methoxy groups -OCH3 is 1. The predicted molar refractivity (Wildman–Crippen MR) is 90.3 cm³/mol. The van der Waals surface area contributed by atoms with E-state index < -0.39 is 11.4 Å². The fourth-order valence-corrected chi connectivity index (χ4v) is 3.05. The number of furan rings is 1. The zero-order chi connectivity index (χ0) is 18.1. The smallest absolute Gasteiger partial charge is 0.374 e. The fraction of sp³-hybridized carbons (Fsp3) is 0.471. The van der Waals surface area contributed by atoms with Gasteiger partial charge in [-0.3, -0.25) is 14.5 Å². The molecule has 1 aliphatic rings. The molecule has 7 heteroatoms. The average molecular weight is 351 g/mol. The van der Waals surface area contributed by atoms with Crippen molar-refractivity contribution < 1.29 is 23.5 Å². The van der Waals surface area contributed by atoms with Crippen molar-refractivity contribution in [1.29, 1.82) is 0 Å². The molecule has 6 nitrogen and oxygen atoms in total. The van der Waals surface area contributed by atoms with Gasteiger partial charge in [0, 0.05) is 17.1 Å². The quantitative estimate of drug-likeness (QED) is 0.613. The third-order valence-corrected chi connectivity index (χ3v) is 4.58. The van der Waals surface area contributed by atoms with Crippen molar-refractivity contribution in [2.75, 3.05) is 12.9 Å². The summed E-state index contributed by atoms with van der Waals surface area (Å²) in [7, 11) is 1.28. The molecule has 0 N–H and O–H groups in total. The number of carbonyl (C=O) groups is 3. The molecule has 2 rings (SSSR count). The summed E-state index contributed by atoms with van der Waals surface area (Å²) in [5, 5.41) is 0.605. The van der Waals surface area contributed by atoms with E-state index in [-0.39, 0.29) is 29.7 Å². The Labute approximate surface area is 145 Å². The Morgan fingerprint density at radius 3 is 2.67 bits per heavy atom. The van der Waals surface area contributed by atoms with E-state index >= 15 is 0 Å². The lowest BCUT2D eigenvalue weighted by Crippen LogP contribution is -2.25. The van der Waals surface area contributed by atoms with Crippen LogP contribution in [0.1, 0.15) is 42.6 Å². The van der Waals surface area contributed by atoms with Crippen molar-refractivity contribution >= 4 is 29.4 Å². The summed E-state index contributed by atoms with van der Waals surface area (Å²) in [6.45, 7) is 7.40. The molecule has 0 aliphatic carbocycles. The van der Waals surface area contributed by atoms with Gasteiger partial charge >= 0.3 is 5.97 Å². The molecule has 130 valence electrons. The molecule has 0 aromatic carbocycles. The van der Waals surface area contributed by atoms with Crippen LogP contribution in [0.2, 0.25) is 0 Å². The first-order valence-corrected chi connectivity index (χ1v) is 8.49. The number of thioether (sulfide) groups is 1. The second-order valence-corrected chi connectivity index (χ2v) is 7.58. The van der Waals surface area contributed by atoms with Crippen LogP contribution in [0.5, 0.6) is 0 Å². The molecular formula is C17H21NO5S. The lowest BCUT2D eigenvalue weighted by molar-refractivity contribution is -0.126. The Morgan fingerprint density at radius 2 is 2.08 bits per heavy atom. The predicted octanol–water partition coefficient (Wildman–Crippen LogP) is 2.91. The largest absolute Gasteiger partial charge is 0.463 e. The van der Waals surface area contributed by atoms with E-state index in [1.54, 1.807) is 13.0 Å². The molecular weight excluding hydrogens is 330 g/mol. The van der Waals surface area contributed by atoms with E-state index in [9.17, 15) is 14.4 Å². The molecule has 0 bridgehead atoms. The van der Waals surface area contributed by atoms with Crippen LogP contribution in [-0.2, 0) is 20.9 Å². The molecule has 1 aliphatic heterocycles. The van der Waals surface area contributed by atoms with Gasteiger partial charge in [-0.2, -0.15) is 0 Å². The van der Waals surface area contributed by atoms with Crippen molar-refractivity contribution in [1.82, 2.24) is 4.90 Å². The highest BCUT2D eigenvalue weighted by Gasteiger charge is 2.30. The van der Waals surface area contributed by atoms with Crippen molar-refractivity contribution in [2.24, 2.45) is 5.41 Å². The highest BCUT2D eigenvalue weighted by Crippen LogP contribution is 2.32. The Kier molecular flexibility index (Phi) is 5.22. The number of hydrogen-bond acceptors (Lipinski definition) is 6. The summed E-state index contributed by atoms with van der Waals surface area (Å²) in [4.78, 5) is 37.4. The second kappa shape index (κ2) is 6.84. The number of ether oxygens (including phenoxy) is 1. The van der Waals surface area contributed by atoms with E-state index in [4.69, 9.17) is 4.42 Å². The number of carbonyl (C=O) groups excluding carboxylic acids is 3. The van der Waals surface area contributed by atoms with Crippen LogP contribution in [0.4, 0.5) is 0 Å². The zero-order valence-electron chi connectivity index (χ0n) is 14.5. The molecule has 1 fully saturated rings. The molecule has 1 amide bonds. The van der Waals surface area contributed by atoms with Crippen LogP contribution in [0.25, 0.3) is 0 Å². The minimum absolute atomic E-state index is 0.0458. The molecule has 1 aromatic heterocycles. The summed E-state index contributed by atoms with van der Waals surface area (Å²) in [5.41, 5.74) is 0.136. The molecule has 24 heavy (non-hydrogen) atoms. The van der Waals surface area contributed by atoms with Crippen LogP contribution in [0, 0.1) is 12.3 Å². The van der Waals surface area contributed by atoms with Gasteiger partial charge < -0.3 is 9.15 Å². The Bertz CT molecular complexity index is 711. The lowest BCUT2D eigenvalue weighted by atomic mass is 9.91. The van der Waals surface area contributed by atoms with Crippen LogP contribution in [-0.4, -0.2) is 35.4 Å². The van der Waals surface area contributed by atoms with Crippen LogP contribution >= 0.6 is 11.8 Å². The normalized spacial score (nSPS) is 16.8. The summed E-state index contributed by atoms with van der Waals surface area (Å²) in [6.07, 6.45) is 1.51. The first kappa shape index (κ1) is 18.3. The van der Waals surface area contributed by atoms with Crippen LogP contribution in [0.3, 0.4) is 0 Å². The maximum Gasteiger partial charge on any atom is 0.374 e. The van der Waals surface area contributed by atoms with Crippen molar-refractivity contribution in [2.45, 2.75) is 34.2 Å². The van der Waals surface area contributed by atoms with Gasteiger partial charge in [-0.05, 0) is 13.0 Å². The molecule has 2 heterocycles. The van der Waals surface area contributed by atoms with E-state index in [1.165, 1.54) is 29.8 Å². The summed E-state index contributed by atoms with van der Waals surface area (Å²) < 4.78 is 10.2. The second-order valence-electron chi connectivity index (χ2n) is 6.58. The molecule has 0 radical (unpaired) electrons. The van der Waals surface area contributed by atoms with E-state index in [1.807, 2.05) is 20.8 Å². The van der Waals surface area contributed by atoms with E-state index in [2.05, 4.69) is 4.74 Å². The van der Waals surface area contributed by atoms with Crippen LogP contribution in [0.15, 0.2) is 21.6 Å². The van der Waals surface area contributed by atoms with Gasteiger partial charge in [0.15, 0.2) is 5.78 Å². The van der Waals surface area contributed by atoms with Crippen molar-refractivity contribution in [3.8, 4) is 0 Å². The van der Waals surface area contributed by atoms with Crippen molar-refractivity contribution in [3.63, 3.8) is 0 Å². The van der Waals surface area contributed by atoms with Gasteiger partial charge in [0.05, 0.1) is 24.4 Å². The number of amides is 1. The number of hydrogen-bond donors (Lipinski definition) is 0. The van der Waals surface area contributed by atoms with Crippen LogP contribution < -0.4 is 0 Å². The monoisotopic (exact) mass is 351 g/mol.